The lowest BCUT2D eigenvalue weighted by molar-refractivity contribution is 0.388. The molecule has 0 saturated heterocycles. The first-order valence-electron chi connectivity index (χ1n) is 4.75. The van der Waals surface area contributed by atoms with Crippen LogP contribution in [0.4, 0.5) is 0 Å². The highest BCUT2D eigenvalue weighted by molar-refractivity contribution is 5.80. The summed E-state index contributed by atoms with van der Waals surface area (Å²) < 4.78 is 4.43. The Morgan fingerprint density at radius 2 is 2.00 bits per heavy atom. The van der Waals surface area contributed by atoms with Gasteiger partial charge in [0.25, 0.3) is 0 Å². The van der Waals surface area contributed by atoms with Gasteiger partial charge in [-0.1, -0.05) is 29.4 Å². The Morgan fingerprint density at radius 1 is 1.12 bits per heavy atom. The van der Waals surface area contributed by atoms with Gasteiger partial charge in [0.2, 0.25) is 5.82 Å². The molecule has 3 rings (SSSR count). The number of pyridine rings is 1. The molecule has 0 amide bonds. The third-order valence-corrected chi connectivity index (χ3v) is 2.28. The summed E-state index contributed by atoms with van der Waals surface area (Å²) in [7, 11) is 0. The Morgan fingerprint density at radius 3 is 2.81 bits per heavy atom. The largest absolute Gasteiger partial charge is 0.439 e. The Balaban J connectivity index is 2.22. The quantitative estimate of drug-likeness (QED) is 0.666. The third-order valence-electron chi connectivity index (χ3n) is 2.28. The zero-order valence-corrected chi connectivity index (χ0v) is 8.18. The minimum atomic E-state index is -0.579. The van der Waals surface area contributed by atoms with Crippen LogP contribution in [0.25, 0.3) is 22.4 Å². The van der Waals surface area contributed by atoms with Crippen LogP contribution < -0.4 is 5.76 Å². The van der Waals surface area contributed by atoms with E-state index in [1.165, 1.54) is 0 Å². The first-order valence-corrected chi connectivity index (χ1v) is 4.75. The van der Waals surface area contributed by atoms with Crippen LogP contribution in [-0.4, -0.2) is 15.1 Å². The van der Waals surface area contributed by atoms with Crippen LogP contribution in [0, 0.1) is 0 Å². The highest BCUT2D eigenvalue weighted by Gasteiger charge is 2.05. The average Bonchev–Trinajstić information content (AvgIpc) is 2.75. The van der Waals surface area contributed by atoms with Gasteiger partial charge in [0, 0.05) is 5.39 Å². The summed E-state index contributed by atoms with van der Waals surface area (Å²) in [5.41, 5.74) is 1.44. The normalized spacial score (nSPS) is 10.8. The van der Waals surface area contributed by atoms with Crippen LogP contribution in [0.15, 0.2) is 45.7 Å². The lowest BCUT2D eigenvalue weighted by atomic mass is 10.2. The molecule has 0 aliphatic heterocycles. The fourth-order valence-electron chi connectivity index (χ4n) is 1.54. The monoisotopic (exact) mass is 213 g/mol. The minimum Gasteiger partial charge on any atom is -0.296 e. The topological polar surface area (TPSA) is 71.8 Å². The van der Waals surface area contributed by atoms with Gasteiger partial charge in [-0.3, -0.25) is 9.51 Å². The predicted molar refractivity (Wildman–Crippen MR) is 57.9 cm³/mol. The van der Waals surface area contributed by atoms with Crippen LogP contribution in [0.5, 0.6) is 0 Å². The second kappa shape index (κ2) is 3.30. The van der Waals surface area contributed by atoms with E-state index in [1.807, 2.05) is 30.3 Å². The van der Waals surface area contributed by atoms with Crippen molar-refractivity contribution < 1.29 is 4.52 Å². The third kappa shape index (κ3) is 1.38. The van der Waals surface area contributed by atoms with Crippen molar-refractivity contribution in [2.45, 2.75) is 0 Å². The molecule has 0 fully saturated rings. The van der Waals surface area contributed by atoms with Crippen molar-refractivity contribution >= 4 is 10.9 Å². The molecule has 0 bridgehead atoms. The van der Waals surface area contributed by atoms with Crippen molar-refractivity contribution in [3.05, 3.63) is 46.9 Å². The molecule has 0 spiro atoms. The van der Waals surface area contributed by atoms with E-state index in [1.54, 1.807) is 6.07 Å². The van der Waals surface area contributed by atoms with Crippen molar-refractivity contribution in [3.8, 4) is 11.5 Å². The molecular weight excluding hydrogens is 206 g/mol. The van der Waals surface area contributed by atoms with Gasteiger partial charge in [-0.05, 0) is 12.1 Å². The zero-order chi connectivity index (χ0) is 11.0. The highest BCUT2D eigenvalue weighted by atomic mass is 16.5. The van der Waals surface area contributed by atoms with Crippen LogP contribution in [0.2, 0.25) is 0 Å². The number of aromatic nitrogens is 3. The number of aromatic amines is 1. The molecule has 3 aromatic rings. The summed E-state index contributed by atoms with van der Waals surface area (Å²) in [5.74, 6) is -0.235. The van der Waals surface area contributed by atoms with Gasteiger partial charge in [0.1, 0.15) is 5.69 Å². The molecule has 1 N–H and O–H groups in total. The van der Waals surface area contributed by atoms with E-state index in [4.69, 9.17) is 0 Å². The van der Waals surface area contributed by atoms with Crippen molar-refractivity contribution in [3.63, 3.8) is 0 Å². The second-order valence-corrected chi connectivity index (χ2v) is 3.33. The first-order chi connectivity index (χ1) is 7.83. The number of nitrogens with one attached hydrogen (secondary N) is 1. The van der Waals surface area contributed by atoms with Crippen LogP contribution in [0.3, 0.4) is 0 Å². The number of para-hydroxylation sites is 1. The average molecular weight is 213 g/mol. The molecule has 0 saturated carbocycles. The van der Waals surface area contributed by atoms with Crippen LogP contribution in [0.1, 0.15) is 0 Å². The molecule has 2 heterocycles. The maximum Gasteiger partial charge on any atom is 0.439 e. The van der Waals surface area contributed by atoms with E-state index < -0.39 is 5.76 Å². The summed E-state index contributed by atoms with van der Waals surface area (Å²) in [4.78, 5) is 17.6. The van der Waals surface area contributed by atoms with E-state index in [0.717, 1.165) is 10.9 Å². The lowest BCUT2D eigenvalue weighted by Crippen LogP contribution is -1.95. The van der Waals surface area contributed by atoms with Gasteiger partial charge < -0.3 is 0 Å². The Bertz CT molecular complexity index is 699. The fourth-order valence-corrected chi connectivity index (χ4v) is 1.54. The number of H-pyrrole nitrogens is 1. The van der Waals surface area contributed by atoms with E-state index in [9.17, 15) is 4.79 Å². The van der Waals surface area contributed by atoms with Gasteiger partial charge >= 0.3 is 5.76 Å². The number of rotatable bonds is 1. The first kappa shape index (κ1) is 8.84. The predicted octanol–water partition coefficient (Wildman–Crippen LogP) is 1.58. The van der Waals surface area contributed by atoms with Gasteiger partial charge in [0.15, 0.2) is 0 Å². The summed E-state index contributed by atoms with van der Waals surface area (Å²) in [6, 6.07) is 11.4. The molecule has 1 aromatic carbocycles. The van der Waals surface area contributed by atoms with Crippen molar-refractivity contribution in [1.82, 2.24) is 15.1 Å². The number of benzene rings is 1. The number of nitrogens with zero attached hydrogens (tertiary/aromatic N) is 2. The highest BCUT2D eigenvalue weighted by Crippen LogP contribution is 2.16. The molecule has 0 unspecified atom stereocenters. The van der Waals surface area contributed by atoms with Crippen molar-refractivity contribution in [2.75, 3.05) is 0 Å². The maximum atomic E-state index is 10.8. The number of hydrogen-bond acceptors (Lipinski definition) is 4. The van der Waals surface area contributed by atoms with Gasteiger partial charge in [0.05, 0.1) is 5.52 Å². The molecule has 0 aliphatic rings. The van der Waals surface area contributed by atoms with E-state index in [0.29, 0.717) is 11.5 Å². The molecule has 0 aliphatic carbocycles. The maximum absolute atomic E-state index is 10.8. The smallest absolute Gasteiger partial charge is 0.296 e. The molecular formula is C11H7N3O2. The molecule has 16 heavy (non-hydrogen) atoms. The second-order valence-electron chi connectivity index (χ2n) is 3.33. The van der Waals surface area contributed by atoms with Crippen LogP contribution in [-0.2, 0) is 0 Å². The van der Waals surface area contributed by atoms with E-state index >= 15 is 0 Å². The van der Waals surface area contributed by atoms with Gasteiger partial charge in [-0.2, -0.15) is 0 Å². The Labute approximate surface area is 89.7 Å². The molecule has 2 aromatic heterocycles. The molecule has 0 atom stereocenters. The molecule has 5 nitrogen and oxygen atoms in total. The summed E-state index contributed by atoms with van der Waals surface area (Å²) in [6.07, 6.45) is 0. The SMILES string of the molecule is O=c1[nH]c(-c2ccc3ccccc3n2)no1. The summed E-state index contributed by atoms with van der Waals surface area (Å²) in [5, 5.41) is 4.63. The number of hydrogen-bond donors (Lipinski definition) is 1. The summed E-state index contributed by atoms with van der Waals surface area (Å²) in [6.45, 7) is 0. The molecule has 0 radical (unpaired) electrons. The van der Waals surface area contributed by atoms with Crippen LogP contribution >= 0.6 is 0 Å². The van der Waals surface area contributed by atoms with Gasteiger partial charge in [-0.25, -0.2) is 9.78 Å². The standard InChI is InChI=1S/C11H7N3O2/c15-11-13-10(14-16-11)9-6-5-7-3-1-2-4-8(7)12-9/h1-6H,(H,13,14,15). The Hall–Kier alpha value is -2.43. The van der Waals surface area contributed by atoms with E-state index in [2.05, 4.69) is 19.6 Å². The summed E-state index contributed by atoms with van der Waals surface area (Å²) >= 11 is 0. The lowest BCUT2D eigenvalue weighted by Gasteiger charge is -1.98. The zero-order valence-electron chi connectivity index (χ0n) is 8.18. The Kier molecular flexibility index (Phi) is 1.83. The van der Waals surface area contributed by atoms with Crippen molar-refractivity contribution in [1.29, 1.82) is 0 Å². The fraction of sp³-hybridized carbons (Fsp3) is 0. The van der Waals surface area contributed by atoms with E-state index in [-0.39, 0.29) is 0 Å². The van der Waals surface area contributed by atoms with Gasteiger partial charge in [-0.15, -0.1) is 0 Å². The minimum absolute atomic E-state index is 0.343. The molecule has 5 heteroatoms. The van der Waals surface area contributed by atoms with Crippen molar-refractivity contribution in [2.24, 2.45) is 0 Å². The number of fused-ring (bicyclic) bond motifs is 1. The molecule has 78 valence electrons.